The Kier molecular flexibility index (Phi) is 3.97. The van der Waals surface area contributed by atoms with E-state index in [1.807, 2.05) is 30.3 Å². The van der Waals surface area contributed by atoms with Crippen molar-refractivity contribution in [3.8, 4) is 0 Å². The molecule has 1 aliphatic heterocycles. The molecule has 0 bridgehead atoms. The fourth-order valence-corrected chi connectivity index (χ4v) is 4.64. The number of carbonyl (C=O) groups is 1. The predicted molar refractivity (Wildman–Crippen MR) is 113 cm³/mol. The zero-order chi connectivity index (χ0) is 19.1. The Balaban J connectivity index is 1.79. The number of carbonyl (C=O) groups excluding carboxylic acids is 1. The fourth-order valence-electron chi connectivity index (χ4n) is 4.64. The highest BCUT2D eigenvalue weighted by molar-refractivity contribution is 6.09. The molecule has 0 spiro atoms. The summed E-state index contributed by atoms with van der Waals surface area (Å²) in [7, 11) is 0. The van der Waals surface area contributed by atoms with Crippen molar-refractivity contribution >= 4 is 27.8 Å². The van der Waals surface area contributed by atoms with Crippen molar-refractivity contribution in [2.75, 3.05) is 0 Å². The van der Waals surface area contributed by atoms with Gasteiger partial charge in [-0.25, -0.2) is 4.79 Å². The molecule has 1 atom stereocenters. The van der Waals surface area contributed by atoms with Gasteiger partial charge in [0.1, 0.15) is 0 Å². The molecule has 1 N–H and O–H groups in total. The van der Waals surface area contributed by atoms with Crippen molar-refractivity contribution in [1.82, 2.24) is 4.98 Å². The molecule has 3 heteroatoms. The summed E-state index contributed by atoms with van der Waals surface area (Å²) < 4.78 is 6.20. The summed E-state index contributed by atoms with van der Waals surface area (Å²) in [5.41, 5.74) is 4.16. The van der Waals surface area contributed by atoms with Gasteiger partial charge in [-0.2, -0.15) is 0 Å². The van der Waals surface area contributed by atoms with E-state index in [4.69, 9.17) is 4.74 Å². The lowest BCUT2D eigenvalue weighted by Gasteiger charge is -2.30. The average Bonchev–Trinajstić information content (AvgIpc) is 3.25. The Morgan fingerprint density at radius 1 is 0.857 bits per heavy atom. The summed E-state index contributed by atoms with van der Waals surface area (Å²) in [5.74, 6) is -0.222. The Labute approximate surface area is 164 Å². The highest BCUT2D eigenvalue weighted by Crippen LogP contribution is 2.48. The number of nitrogens with one attached hydrogen (secondary N) is 1. The van der Waals surface area contributed by atoms with E-state index in [2.05, 4.69) is 48.3 Å². The first-order valence-electron chi connectivity index (χ1n) is 10.1. The summed E-state index contributed by atoms with van der Waals surface area (Å²) in [6.07, 6.45) is 4.04. The second-order valence-electron chi connectivity index (χ2n) is 7.62. The first-order valence-corrected chi connectivity index (χ1v) is 10.1. The zero-order valence-corrected chi connectivity index (χ0v) is 16.0. The van der Waals surface area contributed by atoms with Crippen LogP contribution < -0.4 is 0 Å². The van der Waals surface area contributed by atoms with Gasteiger partial charge in [-0.15, -0.1) is 0 Å². The lowest BCUT2D eigenvalue weighted by atomic mass is 9.80. The van der Waals surface area contributed by atoms with Crippen LogP contribution >= 0.6 is 0 Å². The number of ether oxygens (including phenoxy) is 1. The topological polar surface area (TPSA) is 42.1 Å². The smallest absolute Gasteiger partial charge is 0.339 e. The molecule has 0 saturated carbocycles. The quantitative estimate of drug-likeness (QED) is 0.330. The van der Waals surface area contributed by atoms with Crippen LogP contribution in [0.1, 0.15) is 54.1 Å². The van der Waals surface area contributed by atoms with Crippen molar-refractivity contribution in [1.29, 1.82) is 0 Å². The SMILES string of the molecule is CCCCCC1(c2cccc3c2[nH]c2ccccc23)OC(=O)c2ccccc21. The lowest BCUT2D eigenvalue weighted by molar-refractivity contribution is 0.00678. The van der Waals surface area contributed by atoms with Crippen molar-refractivity contribution in [2.24, 2.45) is 0 Å². The molecule has 0 radical (unpaired) electrons. The van der Waals surface area contributed by atoms with Crippen LogP contribution in [0.3, 0.4) is 0 Å². The number of cyclic esters (lactones) is 1. The van der Waals surface area contributed by atoms with Crippen molar-refractivity contribution in [2.45, 2.75) is 38.2 Å². The lowest BCUT2D eigenvalue weighted by Crippen LogP contribution is -2.28. The molecule has 0 amide bonds. The van der Waals surface area contributed by atoms with E-state index in [0.717, 1.165) is 47.8 Å². The largest absolute Gasteiger partial charge is 0.446 e. The van der Waals surface area contributed by atoms with Crippen molar-refractivity contribution < 1.29 is 9.53 Å². The summed E-state index contributed by atoms with van der Waals surface area (Å²) in [6, 6.07) is 22.5. The third-order valence-electron chi connectivity index (χ3n) is 5.96. The van der Waals surface area contributed by atoms with Gasteiger partial charge in [0.15, 0.2) is 5.60 Å². The standard InChI is InChI=1S/C25H23NO2/c1-2-3-8-16-25(20-13-6-4-11-19(20)24(27)28-25)21-14-9-12-18-17-10-5-7-15-22(17)26-23(18)21/h4-7,9-15,26H,2-3,8,16H2,1H3. The van der Waals surface area contributed by atoms with Crippen LogP contribution in [0.2, 0.25) is 0 Å². The maximum atomic E-state index is 12.8. The Morgan fingerprint density at radius 2 is 1.61 bits per heavy atom. The minimum absolute atomic E-state index is 0.222. The van der Waals surface area contributed by atoms with E-state index in [1.54, 1.807) is 0 Å². The van der Waals surface area contributed by atoms with Crippen molar-refractivity contribution in [3.05, 3.63) is 83.4 Å². The molecule has 28 heavy (non-hydrogen) atoms. The highest BCUT2D eigenvalue weighted by atomic mass is 16.6. The monoisotopic (exact) mass is 369 g/mol. The average molecular weight is 369 g/mol. The van der Waals surface area contributed by atoms with E-state index < -0.39 is 5.60 Å². The van der Waals surface area contributed by atoms with Gasteiger partial charge in [-0.05, 0) is 25.0 Å². The number of para-hydroxylation sites is 2. The van der Waals surface area contributed by atoms with Gasteiger partial charge >= 0.3 is 5.97 Å². The number of rotatable bonds is 5. The molecule has 140 valence electrons. The summed E-state index contributed by atoms with van der Waals surface area (Å²) >= 11 is 0. The van der Waals surface area contributed by atoms with Gasteiger partial charge in [-0.3, -0.25) is 0 Å². The molecule has 3 aromatic carbocycles. The highest BCUT2D eigenvalue weighted by Gasteiger charge is 2.47. The third-order valence-corrected chi connectivity index (χ3v) is 5.96. The van der Waals surface area contributed by atoms with Gasteiger partial charge in [0.2, 0.25) is 0 Å². The Morgan fingerprint density at radius 3 is 2.50 bits per heavy atom. The fraction of sp³-hybridized carbons (Fsp3) is 0.240. The molecule has 0 fully saturated rings. The minimum Gasteiger partial charge on any atom is -0.446 e. The van der Waals surface area contributed by atoms with Crippen LogP contribution in [-0.2, 0) is 10.3 Å². The van der Waals surface area contributed by atoms with Gasteiger partial charge in [0.25, 0.3) is 0 Å². The van der Waals surface area contributed by atoms with E-state index in [9.17, 15) is 4.79 Å². The maximum absolute atomic E-state index is 12.8. The number of aromatic amines is 1. The van der Waals surface area contributed by atoms with Crippen LogP contribution in [0.25, 0.3) is 21.8 Å². The number of hydrogen-bond donors (Lipinski definition) is 1. The molecule has 1 aliphatic rings. The molecule has 1 unspecified atom stereocenters. The van der Waals surface area contributed by atoms with E-state index in [0.29, 0.717) is 5.56 Å². The van der Waals surface area contributed by atoms with Crippen LogP contribution in [-0.4, -0.2) is 11.0 Å². The molecule has 5 rings (SSSR count). The van der Waals surface area contributed by atoms with Crippen LogP contribution in [0.4, 0.5) is 0 Å². The minimum atomic E-state index is -0.733. The van der Waals surface area contributed by atoms with Gasteiger partial charge in [0, 0.05) is 27.4 Å². The number of benzene rings is 3. The first kappa shape index (κ1) is 17.1. The zero-order valence-electron chi connectivity index (χ0n) is 16.0. The number of fused-ring (bicyclic) bond motifs is 4. The van der Waals surface area contributed by atoms with Crippen LogP contribution in [0, 0.1) is 0 Å². The Hall–Kier alpha value is -3.07. The summed E-state index contributed by atoms with van der Waals surface area (Å²) in [4.78, 5) is 16.4. The normalized spacial score (nSPS) is 18.5. The number of H-pyrrole nitrogens is 1. The van der Waals surface area contributed by atoms with Gasteiger partial charge in [-0.1, -0.05) is 74.4 Å². The molecular weight excluding hydrogens is 346 g/mol. The Bertz CT molecular complexity index is 1190. The second-order valence-corrected chi connectivity index (χ2v) is 7.62. The summed E-state index contributed by atoms with van der Waals surface area (Å²) in [6.45, 7) is 2.19. The van der Waals surface area contributed by atoms with Crippen LogP contribution in [0.5, 0.6) is 0 Å². The summed E-state index contributed by atoms with van der Waals surface area (Å²) in [5, 5.41) is 2.36. The first-order chi connectivity index (χ1) is 13.7. The van der Waals surface area contributed by atoms with Crippen LogP contribution in [0.15, 0.2) is 66.7 Å². The van der Waals surface area contributed by atoms with Crippen molar-refractivity contribution in [3.63, 3.8) is 0 Å². The molecule has 3 nitrogen and oxygen atoms in total. The molecule has 0 aliphatic carbocycles. The number of unbranched alkanes of at least 4 members (excludes halogenated alkanes) is 2. The van der Waals surface area contributed by atoms with E-state index in [1.165, 1.54) is 10.8 Å². The molecular formula is C25H23NO2. The maximum Gasteiger partial charge on any atom is 0.339 e. The number of hydrogen-bond acceptors (Lipinski definition) is 2. The predicted octanol–water partition coefficient (Wildman–Crippen LogP) is 6.32. The molecule has 0 saturated heterocycles. The molecule has 4 aromatic rings. The van der Waals surface area contributed by atoms with Gasteiger partial charge in [0.05, 0.1) is 11.1 Å². The van der Waals surface area contributed by atoms with E-state index >= 15 is 0 Å². The molecule has 1 aromatic heterocycles. The number of aromatic nitrogens is 1. The molecule has 2 heterocycles. The third kappa shape index (κ3) is 2.39. The number of esters is 1. The van der Waals surface area contributed by atoms with E-state index in [-0.39, 0.29) is 5.97 Å². The van der Waals surface area contributed by atoms with Gasteiger partial charge < -0.3 is 9.72 Å². The second kappa shape index (κ2) is 6.52.